The fourth-order valence-electron chi connectivity index (χ4n) is 4.77. The SMILES string of the molecule is CC(=O)[C@H](C)C[C@H](C)/C=C/C[C@H](C)/C=C(\C)CCC(=O)C[C@H](O)[C@@H](C)[C@@H]1OC(=O)[C@@H](C)[C@H](O)[C@@H]1C. The van der Waals surface area contributed by atoms with Crippen molar-refractivity contribution in [1.82, 2.24) is 0 Å². The molecule has 6 nitrogen and oxygen atoms in total. The highest BCUT2D eigenvalue weighted by Crippen LogP contribution is 2.32. The third-order valence-electron chi connectivity index (χ3n) is 7.51. The average Bonchev–Trinajstić information content (AvgIpc) is 2.77. The molecule has 0 radical (unpaired) electrons. The van der Waals surface area contributed by atoms with Crippen LogP contribution in [0.3, 0.4) is 0 Å². The first-order valence-electron chi connectivity index (χ1n) is 13.2. The lowest BCUT2D eigenvalue weighted by Crippen LogP contribution is -2.51. The zero-order valence-corrected chi connectivity index (χ0v) is 23.0. The van der Waals surface area contributed by atoms with Gasteiger partial charge in [0.2, 0.25) is 0 Å². The van der Waals surface area contributed by atoms with Gasteiger partial charge >= 0.3 is 5.97 Å². The van der Waals surface area contributed by atoms with Crippen LogP contribution in [0, 0.1) is 35.5 Å². The Labute approximate surface area is 212 Å². The Morgan fingerprint density at radius 2 is 1.69 bits per heavy atom. The van der Waals surface area contributed by atoms with Crippen molar-refractivity contribution in [1.29, 1.82) is 0 Å². The molecular formula is C29H48O6. The van der Waals surface area contributed by atoms with Gasteiger partial charge in [-0.2, -0.15) is 0 Å². The third kappa shape index (κ3) is 10.4. The van der Waals surface area contributed by atoms with Gasteiger partial charge in [0, 0.05) is 30.6 Å². The number of ketones is 2. The summed E-state index contributed by atoms with van der Waals surface area (Å²) in [5.74, 6) is -0.784. The molecule has 1 heterocycles. The quantitative estimate of drug-likeness (QED) is 0.260. The minimum absolute atomic E-state index is 0.00965. The van der Waals surface area contributed by atoms with Crippen LogP contribution in [0.2, 0.25) is 0 Å². The first-order chi connectivity index (χ1) is 16.2. The molecule has 200 valence electrons. The van der Waals surface area contributed by atoms with Crippen molar-refractivity contribution in [2.24, 2.45) is 35.5 Å². The van der Waals surface area contributed by atoms with Crippen molar-refractivity contribution < 1.29 is 29.3 Å². The molecule has 1 fully saturated rings. The van der Waals surface area contributed by atoms with Crippen LogP contribution in [0.5, 0.6) is 0 Å². The Bertz CT molecular complexity index is 769. The number of ether oxygens (including phenoxy) is 1. The van der Waals surface area contributed by atoms with Crippen LogP contribution in [0.1, 0.15) is 87.5 Å². The molecule has 1 aliphatic rings. The van der Waals surface area contributed by atoms with Gasteiger partial charge in [0.15, 0.2) is 0 Å². The molecular weight excluding hydrogens is 444 g/mol. The molecule has 6 heteroatoms. The summed E-state index contributed by atoms with van der Waals surface area (Å²) >= 11 is 0. The van der Waals surface area contributed by atoms with Gasteiger partial charge < -0.3 is 14.9 Å². The normalized spacial score (nSPS) is 27.7. The zero-order valence-electron chi connectivity index (χ0n) is 23.0. The van der Waals surface area contributed by atoms with Gasteiger partial charge in [0.25, 0.3) is 0 Å². The molecule has 0 aromatic heterocycles. The highest BCUT2D eigenvalue weighted by atomic mass is 16.6. The molecule has 0 aromatic rings. The van der Waals surface area contributed by atoms with Gasteiger partial charge in [0.1, 0.15) is 17.7 Å². The van der Waals surface area contributed by atoms with E-state index in [-0.39, 0.29) is 29.8 Å². The highest BCUT2D eigenvalue weighted by Gasteiger charge is 2.44. The van der Waals surface area contributed by atoms with Crippen molar-refractivity contribution in [2.45, 2.75) is 106 Å². The smallest absolute Gasteiger partial charge is 0.311 e. The second-order valence-corrected chi connectivity index (χ2v) is 11.1. The number of carbonyl (C=O) groups excluding carboxylic acids is 3. The van der Waals surface area contributed by atoms with Crippen LogP contribution in [0.4, 0.5) is 0 Å². The molecule has 0 unspecified atom stereocenters. The molecule has 1 saturated heterocycles. The van der Waals surface area contributed by atoms with Gasteiger partial charge in [-0.1, -0.05) is 58.4 Å². The molecule has 0 aliphatic carbocycles. The van der Waals surface area contributed by atoms with Gasteiger partial charge in [-0.25, -0.2) is 0 Å². The summed E-state index contributed by atoms with van der Waals surface area (Å²) < 4.78 is 5.46. The molecule has 0 spiro atoms. The molecule has 0 bridgehead atoms. The van der Waals surface area contributed by atoms with Crippen molar-refractivity contribution in [3.8, 4) is 0 Å². The second-order valence-electron chi connectivity index (χ2n) is 11.1. The Morgan fingerprint density at radius 3 is 2.29 bits per heavy atom. The number of esters is 1. The maximum absolute atomic E-state index is 12.5. The number of hydrogen-bond donors (Lipinski definition) is 2. The third-order valence-corrected chi connectivity index (χ3v) is 7.51. The van der Waals surface area contributed by atoms with Crippen LogP contribution in [0.15, 0.2) is 23.8 Å². The molecule has 1 aliphatic heterocycles. The minimum atomic E-state index is -0.926. The van der Waals surface area contributed by atoms with Gasteiger partial charge in [-0.05, 0) is 51.9 Å². The molecule has 9 atom stereocenters. The van der Waals surface area contributed by atoms with Gasteiger partial charge in [0.05, 0.1) is 18.1 Å². The Kier molecular flexibility index (Phi) is 13.1. The van der Waals surface area contributed by atoms with E-state index < -0.39 is 36.1 Å². The molecule has 2 N–H and O–H groups in total. The summed E-state index contributed by atoms with van der Waals surface area (Å²) in [5, 5.41) is 20.9. The summed E-state index contributed by atoms with van der Waals surface area (Å²) in [4.78, 5) is 35.9. The molecule has 0 amide bonds. The van der Waals surface area contributed by atoms with E-state index in [9.17, 15) is 24.6 Å². The molecule has 1 rings (SSSR count). The Hall–Kier alpha value is -1.79. The minimum Gasteiger partial charge on any atom is -0.461 e. The lowest BCUT2D eigenvalue weighted by atomic mass is 9.79. The van der Waals surface area contributed by atoms with E-state index in [0.29, 0.717) is 24.7 Å². The standard InChI is InChI=1S/C29H48O6/c1-17(10-9-11-18(2)15-20(4)24(8)30)14-19(3)12-13-25(31)16-26(32)21(5)28-22(6)27(33)23(7)29(34)35-28/h9,11,14,17-18,20-23,26-28,32-33H,10,12-13,15-16H2,1-8H3/b11-9+,19-14+/t17-,18+,20+,21+,22-,23-,26-,27+,28-/m0/s1. The zero-order chi connectivity index (χ0) is 26.9. The van der Waals surface area contributed by atoms with Crippen LogP contribution >= 0.6 is 0 Å². The van der Waals surface area contributed by atoms with Gasteiger partial charge in [-0.15, -0.1) is 0 Å². The Balaban J connectivity index is 2.46. The maximum atomic E-state index is 12.5. The van der Waals surface area contributed by atoms with Crippen molar-refractivity contribution in [3.63, 3.8) is 0 Å². The summed E-state index contributed by atoms with van der Waals surface area (Å²) in [7, 11) is 0. The average molecular weight is 493 g/mol. The number of rotatable bonds is 14. The summed E-state index contributed by atoms with van der Waals surface area (Å²) in [5.41, 5.74) is 1.15. The maximum Gasteiger partial charge on any atom is 0.311 e. The molecule has 0 aromatic carbocycles. The number of hydrogen-bond acceptors (Lipinski definition) is 6. The topological polar surface area (TPSA) is 101 Å². The predicted molar refractivity (Wildman–Crippen MR) is 139 cm³/mol. The van der Waals surface area contributed by atoms with E-state index in [2.05, 4.69) is 32.1 Å². The second kappa shape index (κ2) is 14.7. The van der Waals surface area contributed by atoms with Crippen LogP contribution < -0.4 is 0 Å². The fourth-order valence-corrected chi connectivity index (χ4v) is 4.77. The van der Waals surface area contributed by atoms with E-state index >= 15 is 0 Å². The number of carbonyl (C=O) groups is 3. The number of aliphatic hydroxyl groups excluding tert-OH is 2. The largest absolute Gasteiger partial charge is 0.461 e. The number of allylic oxidation sites excluding steroid dienone is 4. The number of aliphatic hydroxyl groups is 2. The summed E-state index contributed by atoms with van der Waals surface area (Å²) in [6, 6.07) is 0. The van der Waals surface area contributed by atoms with E-state index in [1.54, 1.807) is 27.7 Å². The summed E-state index contributed by atoms with van der Waals surface area (Å²) in [6.45, 7) is 15.1. The van der Waals surface area contributed by atoms with Crippen molar-refractivity contribution >= 4 is 17.5 Å². The van der Waals surface area contributed by atoms with E-state index in [0.717, 1.165) is 18.4 Å². The van der Waals surface area contributed by atoms with Crippen LogP contribution in [-0.4, -0.2) is 46.1 Å². The lowest BCUT2D eigenvalue weighted by molar-refractivity contribution is -0.186. The van der Waals surface area contributed by atoms with Crippen LogP contribution in [0.25, 0.3) is 0 Å². The first kappa shape index (κ1) is 31.2. The fraction of sp³-hybridized carbons (Fsp3) is 0.759. The predicted octanol–water partition coefficient (Wildman–Crippen LogP) is 5.06. The van der Waals surface area contributed by atoms with Crippen molar-refractivity contribution in [2.75, 3.05) is 0 Å². The van der Waals surface area contributed by atoms with Crippen LogP contribution in [-0.2, 0) is 19.1 Å². The molecule has 0 saturated carbocycles. The molecule has 35 heavy (non-hydrogen) atoms. The van der Waals surface area contributed by atoms with E-state index in [1.165, 1.54) is 0 Å². The Morgan fingerprint density at radius 1 is 1.06 bits per heavy atom. The van der Waals surface area contributed by atoms with Crippen molar-refractivity contribution in [3.05, 3.63) is 23.8 Å². The van der Waals surface area contributed by atoms with Gasteiger partial charge in [-0.3, -0.25) is 14.4 Å². The summed E-state index contributed by atoms with van der Waals surface area (Å²) in [6.07, 6.45) is 6.96. The van der Waals surface area contributed by atoms with E-state index in [4.69, 9.17) is 4.74 Å². The van der Waals surface area contributed by atoms with E-state index in [1.807, 2.05) is 13.8 Å². The first-order valence-corrected chi connectivity index (χ1v) is 13.2. The monoisotopic (exact) mass is 492 g/mol. The highest BCUT2D eigenvalue weighted by molar-refractivity contribution is 5.79. The lowest BCUT2D eigenvalue weighted by Gasteiger charge is -2.40. The number of cyclic esters (lactones) is 1. The number of Topliss-reactive ketones (excluding diaryl/α,β-unsaturated/α-hetero) is 2.